The van der Waals surface area contributed by atoms with Crippen LogP contribution in [0.3, 0.4) is 0 Å². The molecule has 144 valence electrons. The highest BCUT2D eigenvalue weighted by Gasteiger charge is 2.65. The highest BCUT2D eigenvalue weighted by atomic mass is 16.5. The third-order valence-corrected chi connectivity index (χ3v) is 7.18. The van der Waals surface area contributed by atoms with Crippen molar-refractivity contribution in [2.24, 2.45) is 16.7 Å². The number of hydrogen-bond donors (Lipinski definition) is 1. The largest absolute Gasteiger partial charge is 0.390 e. The molecule has 4 fully saturated rings. The van der Waals surface area contributed by atoms with Crippen LogP contribution in [0.4, 0.5) is 0 Å². The Hall–Kier alpha value is -1.43. The van der Waals surface area contributed by atoms with Gasteiger partial charge in [-0.3, -0.25) is 4.79 Å². The van der Waals surface area contributed by atoms with Crippen molar-refractivity contribution in [2.45, 2.75) is 84.3 Å². The summed E-state index contributed by atoms with van der Waals surface area (Å²) in [7, 11) is 0. The molecule has 4 bridgehead atoms. The molecule has 1 aromatic heterocycles. The minimum Gasteiger partial charge on any atom is -0.390 e. The van der Waals surface area contributed by atoms with Gasteiger partial charge in [0.1, 0.15) is 0 Å². The second-order valence-corrected chi connectivity index (χ2v) is 9.14. The fourth-order valence-corrected chi connectivity index (χ4v) is 6.54. The monoisotopic (exact) mass is 361 g/mol. The smallest absolute Gasteiger partial charge is 0.246 e. The Kier molecular flexibility index (Phi) is 4.17. The van der Waals surface area contributed by atoms with Crippen molar-refractivity contribution in [2.75, 3.05) is 6.54 Å². The molecule has 6 nitrogen and oxygen atoms in total. The molecule has 0 spiro atoms. The van der Waals surface area contributed by atoms with Crippen molar-refractivity contribution in [3.63, 3.8) is 0 Å². The summed E-state index contributed by atoms with van der Waals surface area (Å²) >= 11 is 0. The Morgan fingerprint density at radius 1 is 1.23 bits per heavy atom. The molecular formula is C20H31N3O3. The zero-order chi connectivity index (χ0) is 18.6. The number of nitrogens with zero attached hydrogens (tertiary/aromatic N) is 3. The summed E-state index contributed by atoms with van der Waals surface area (Å²) in [6.07, 6.45) is 7.17. The van der Waals surface area contributed by atoms with Crippen molar-refractivity contribution in [1.82, 2.24) is 15.0 Å². The number of amides is 1. The standard InChI is InChI=1S/C20H31N3O3/c1-4-15-21-16(26-22-15)10-23(6-3)17(24)19-8-14-7-18(5-2,11-19)12-20(25,9-14)13-19/h14,25H,4-13H2,1-3H3/t14-,18-,19-,20-/m0/s1. The zero-order valence-corrected chi connectivity index (χ0v) is 16.3. The third-order valence-electron chi connectivity index (χ3n) is 7.18. The van der Waals surface area contributed by atoms with Gasteiger partial charge in [0.25, 0.3) is 0 Å². The van der Waals surface area contributed by atoms with E-state index in [1.54, 1.807) is 0 Å². The number of aromatic nitrogens is 2. The number of hydrogen-bond acceptors (Lipinski definition) is 5. The quantitative estimate of drug-likeness (QED) is 0.842. The lowest BCUT2D eigenvalue weighted by molar-refractivity contribution is -0.210. The van der Waals surface area contributed by atoms with Gasteiger partial charge in [-0.15, -0.1) is 0 Å². The second kappa shape index (κ2) is 6.04. The van der Waals surface area contributed by atoms with Gasteiger partial charge in [0, 0.05) is 13.0 Å². The maximum atomic E-state index is 13.6. The van der Waals surface area contributed by atoms with Gasteiger partial charge < -0.3 is 14.5 Å². The van der Waals surface area contributed by atoms with Crippen LogP contribution in [-0.4, -0.2) is 38.2 Å². The topological polar surface area (TPSA) is 79.5 Å². The van der Waals surface area contributed by atoms with Crippen LogP contribution in [0.5, 0.6) is 0 Å². The van der Waals surface area contributed by atoms with Crippen LogP contribution < -0.4 is 0 Å². The Balaban J connectivity index is 1.59. The lowest BCUT2D eigenvalue weighted by atomic mass is 9.42. The van der Waals surface area contributed by atoms with E-state index in [9.17, 15) is 9.90 Å². The van der Waals surface area contributed by atoms with Crippen LogP contribution >= 0.6 is 0 Å². The highest BCUT2D eigenvalue weighted by molar-refractivity contribution is 5.83. The molecule has 0 aromatic carbocycles. The van der Waals surface area contributed by atoms with Gasteiger partial charge >= 0.3 is 0 Å². The molecule has 26 heavy (non-hydrogen) atoms. The summed E-state index contributed by atoms with van der Waals surface area (Å²) in [6, 6.07) is 0. The first-order valence-electron chi connectivity index (χ1n) is 10.2. The molecule has 0 radical (unpaired) electrons. The van der Waals surface area contributed by atoms with Crippen molar-refractivity contribution in [1.29, 1.82) is 0 Å². The first-order valence-corrected chi connectivity index (χ1v) is 10.2. The number of carbonyl (C=O) groups is 1. The van der Waals surface area contributed by atoms with E-state index in [0.717, 1.165) is 38.5 Å². The maximum Gasteiger partial charge on any atom is 0.246 e. The van der Waals surface area contributed by atoms with Gasteiger partial charge in [0.2, 0.25) is 11.8 Å². The molecule has 4 aliphatic carbocycles. The summed E-state index contributed by atoms with van der Waals surface area (Å²) in [5.74, 6) is 1.84. The predicted octanol–water partition coefficient (Wildman–Crippen LogP) is 3.09. The lowest BCUT2D eigenvalue weighted by Crippen LogP contribution is -2.64. The first-order chi connectivity index (χ1) is 12.3. The summed E-state index contributed by atoms with van der Waals surface area (Å²) < 4.78 is 5.31. The zero-order valence-electron chi connectivity index (χ0n) is 16.3. The molecule has 1 N–H and O–H groups in total. The minimum atomic E-state index is -0.648. The molecule has 1 amide bonds. The van der Waals surface area contributed by atoms with Gasteiger partial charge in [-0.1, -0.05) is 25.4 Å². The van der Waals surface area contributed by atoms with Gasteiger partial charge in [-0.05, 0) is 56.8 Å². The second-order valence-electron chi connectivity index (χ2n) is 9.14. The van der Waals surface area contributed by atoms with E-state index in [2.05, 4.69) is 17.1 Å². The first kappa shape index (κ1) is 18.0. The Morgan fingerprint density at radius 2 is 2.04 bits per heavy atom. The molecule has 0 aliphatic heterocycles. The van der Waals surface area contributed by atoms with Gasteiger partial charge in [0.05, 0.1) is 17.6 Å². The SMILES string of the molecule is CCc1noc(CN(CC)C(=O)[C@@]23C[C@H]4C[C@](O)(C[C@@](CC)(C4)C2)C3)n1. The Morgan fingerprint density at radius 3 is 2.65 bits per heavy atom. The van der Waals surface area contributed by atoms with E-state index >= 15 is 0 Å². The van der Waals surface area contributed by atoms with E-state index in [4.69, 9.17) is 4.52 Å². The van der Waals surface area contributed by atoms with Gasteiger partial charge in [0.15, 0.2) is 5.82 Å². The highest BCUT2D eigenvalue weighted by Crippen LogP contribution is 2.68. The van der Waals surface area contributed by atoms with Crippen LogP contribution in [0.25, 0.3) is 0 Å². The van der Waals surface area contributed by atoms with Crippen LogP contribution in [0, 0.1) is 16.7 Å². The summed E-state index contributed by atoms with van der Waals surface area (Å²) in [4.78, 5) is 19.9. The average molecular weight is 361 g/mol. The van der Waals surface area contributed by atoms with E-state index in [0.29, 0.717) is 37.1 Å². The van der Waals surface area contributed by atoms with E-state index in [-0.39, 0.29) is 11.3 Å². The van der Waals surface area contributed by atoms with Crippen LogP contribution in [0.15, 0.2) is 4.52 Å². The fraction of sp³-hybridized carbons (Fsp3) is 0.850. The summed E-state index contributed by atoms with van der Waals surface area (Å²) in [5, 5.41) is 15.1. The average Bonchev–Trinajstić information content (AvgIpc) is 3.04. The van der Waals surface area contributed by atoms with Gasteiger partial charge in [-0.2, -0.15) is 4.98 Å². The molecule has 1 aromatic rings. The molecule has 5 rings (SSSR count). The molecule has 4 atom stereocenters. The molecule has 0 saturated heterocycles. The number of carbonyl (C=O) groups excluding carboxylic acids is 1. The maximum absolute atomic E-state index is 13.6. The van der Waals surface area contributed by atoms with Crippen LogP contribution in [0.2, 0.25) is 0 Å². The molecule has 4 aliphatic rings. The third kappa shape index (κ3) is 2.77. The van der Waals surface area contributed by atoms with Crippen LogP contribution in [0.1, 0.15) is 77.4 Å². The minimum absolute atomic E-state index is 0.142. The Bertz CT molecular complexity index is 704. The number of rotatable bonds is 6. The lowest BCUT2D eigenvalue weighted by Gasteiger charge is -2.64. The van der Waals surface area contributed by atoms with Crippen molar-refractivity contribution in [3.05, 3.63) is 11.7 Å². The molecule has 0 unspecified atom stereocenters. The van der Waals surface area contributed by atoms with E-state index in [1.807, 2.05) is 18.7 Å². The van der Waals surface area contributed by atoms with E-state index in [1.165, 1.54) is 6.42 Å². The molecule has 6 heteroatoms. The predicted molar refractivity (Wildman–Crippen MR) is 96.1 cm³/mol. The normalized spacial score (nSPS) is 37.9. The molecule has 4 saturated carbocycles. The molecule has 1 heterocycles. The number of aryl methyl sites for hydroxylation is 1. The van der Waals surface area contributed by atoms with Crippen molar-refractivity contribution < 1.29 is 14.4 Å². The number of aliphatic hydroxyl groups is 1. The van der Waals surface area contributed by atoms with Crippen molar-refractivity contribution >= 4 is 5.91 Å². The van der Waals surface area contributed by atoms with Gasteiger partial charge in [-0.25, -0.2) is 0 Å². The fourth-order valence-electron chi connectivity index (χ4n) is 6.54. The van der Waals surface area contributed by atoms with Crippen molar-refractivity contribution in [3.8, 4) is 0 Å². The Labute approximate surface area is 155 Å². The molecular weight excluding hydrogens is 330 g/mol. The summed E-state index contributed by atoms with van der Waals surface area (Å²) in [6.45, 7) is 7.19. The van der Waals surface area contributed by atoms with Crippen LogP contribution in [-0.2, 0) is 17.8 Å². The van der Waals surface area contributed by atoms with E-state index < -0.39 is 11.0 Å². The summed E-state index contributed by atoms with van der Waals surface area (Å²) in [5.41, 5.74) is -0.915.